The fourth-order valence-corrected chi connectivity index (χ4v) is 2.53. The monoisotopic (exact) mass is 331 g/mol. The zero-order valence-corrected chi connectivity index (χ0v) is 12.3. The Balaban J connectivity index is 1.91. The normalized spacial score (nSPS) is 16.4. The number of amides is 1. The Kier molecular flexibility index (Phi) is 3.47. The van der Waals surface area contributed by atoms with E-state index in [-0.39, 0.29) is 41.0 Å². The van der Waals surface area contributed by atoms with Gasteiger partial charge in [-0.2, -0.15) is 13.8 Å². The van der Waals surface area contributed by atoms with Crippen LogP contribution in [-0.4, -0.2) is 32.5 Å². The molecule has 0 unspecified atom stereocenters. The molecule has 1 aliphatic heterocycles. The predicted molar refractivity (Wildman–Crippen MR) is 76.5 cm³/mol. The standard InChI is InChI=1S/C15H11F2N5O2/c16-15(17)24-14-10(11(7-1-2-7)19-6-20-14)13-18-5-8-3-4-9(23)21-12(8)22-13/h3,5-7,15H,1-2,4H2. The molecule has 0 aromatic carbocycles. The second-order valence-electron chi connectivity index (χ2n) is 5.48. The maximum atomic E-state index is 12.7. The zero-order valence-electron chi connectivity index (χ0n) is 12.3. The number of aromatic nitrogens is 4. The first-order valence-corrected chi connectivity index (χ1v) is 7.36. The third kappa shape index (κ3) is 2.72. The van der Waals surface area contributed by atoms with Gasteiger partial charge in [-0.25, -0.2) is 19.9 Å². The fraction of sp³-hybridized carbons (Fsp3) is 0.333. The molecule has 3 heterocycles. The van der Waals surface area contributed by atoms with Gasteiger partial charge in [-0.3, -0.25) is 4.79 Å². The topological polar surface area (TPSA) is 90.2 Å². The third-order valence-electron chi connectivity index (χ3n) is 3.75. The molecule has 1 fully saturated rings. The molecule has 1 saturated carbocycles. The van der Waals surface area contributed by atoms with Crippen molar-refractivity contribution in [1.29, 1.82) is 0 Å². The molecular formula is C15H11F2N5O2. The predicted octanol–water partition coefficient (Wildman–Crippen LogP) is 0.743. The molecule has 1 aliphatic carbocycles. The number of nitrogens with zero attached hydrogens (tertiary/aromatic N) is 5. The van der Waals surface area contributed by atoms with E-state index in [0.29, 0.717) is 10.9 Å². The van der Waals surface area contributed by atoms with Crippen molar-refractivity contribution in [1.82, 2.24) is 19.9 Å². The van der Waals surface area contributed by atoms with E-state index in [0.717, 1.165) is 12.8 Å². The Morgan fingerprint density at radius 2 is 2.04 bits per heavy atom. The van der Waals surface area contributed by atoms with Gasteiger partial charge in [0, 0.05) is 23.8 Å². The van der Waals surface area contributed by atoms with E-state index in [9.17, 15) is 13.6 Å². The van der Waals surface area contributed by atoms with Gasteiger partial charge in [0.25, 0.3) is 5.91 Å². The summed E-state index contributed by atoms with van der Waals surface area (Å²) in [5.74, 6) is -0.317. The van der Waals surface area contributed by atoms with Crippen molar-refractivity contribution in [3.05, 3.63) is 28.9 Å². The Labute approximate surface area is 134 Å². The summed E-state index contributed by atoms with van der Waals surface area (Å²) in [5, 5.41) is 0.625. The quantitative estimate of drug-likeness (QED) is 0.821. The van der Waals surface area contributed by atoms with Crippen molar-refractivity contribution in [3.8, 4) is 17.3 Å². The van der Waals surface area contributed by atoms with Gasteiger partial charge in [0.2, 0.25) is 5.88 Å². The Morgan fingerprint density at radius 1 is 1.21 bits per heavy atom. The van der Waals surface area contributed by atoms with Crippen LogP contribution in [-0.2, 0) is 4.79 Å². The van der Waals surface area contributed by atoms with Crippen molar-refractivity contribution < 1.29 is 18.3 Å². The van der Waals surface area contributed by atoms with Gasteiger partial charge in [-0.05, 0) is 12.8 Å². The molecule has 0 spiro atoms. The molecule has 0 atom stereocenters. The molecule has 2 aromatic rings. The van der Waals surface area contributed by atoms with Crippen LogP contribution in [0.25, 0.3) is 17.5 Å². The Hall–Kier alpha value is -2.84. The first kappa shape index (κ1) is 14.7. The van der Waals surface area contributed by atoms with Gasteiger partial charge in [-0.1, -0.05) is 6.08 Å². The summed E-state index contributed by atoms with van der Waals surface area (Å²) >= 11 is 0. The highest BCUT2D eigenvalue weighted by Gasteiger charge is 2.32. The van der Waals surface area contributed by atoms with E-state index in [4.69, 9.17) is 0 Å². The van der Waals surface area contributed by atoms with E-state index >= 15 is 0 Å². The number of hydrogen-bond donors (Lipinski definition) is 0. The van der Waals surface area contributed by atoms with E-state index in [1.165, 1.54) is 12.5 Å². The average molecular weight is 331 g/mol. The van der Waals surface area contributed by atoms with Gasteiger partial charge in [0.1, 0.15) is 11.9 Å². The van der Waals surface area contributed by atoms with Crippen LogP contribution in [0.1, 0.15) is 30.9 Å². The van der Waals surface area contributed by atoms with Crippen LogP contribution >= 0.6 is 0 Å². The minimum atomic E-state index is -3.03. The van der Waals surface area contributed by atoms with Crippen LogP contribution in [0.5, 0.6) is 5.88 Å². The first-order chi connectivity index (χ1) is 11.6. The van der Waals surface area contributed by atoms with Gasteiger partial charge >= 0.3 is 6.61 Å². The lowest BCUT2D eigenvalue weighted by atomic mass is 10.1. The van der Waals surface area contributed by atoms with Crippen molar-refractivity contribution in [3.63, 3.8) is 0 Å². The largest absolute Gasteiger partial charge is 0.416 e. The minimum Gasteiger partial charge on any atom is -0.416 e. The number of carbonyl (C=O) groups is 1. The molecule has 7 nitrogen and oxygen atoms in total. The summed E-state index contributed by atoms with van der Waals surface area (Å²) in [7, 11) is 0. The summed E-state index contributed by atoms with van der Waals surface area (Å²) in [6.07, 6.45) is 6.36. The molecule has 9 heteroatoms. The Bertz CT molecular complexity index is 943. The number of rotatable bonds is 4. The van der Waals surface area contributed by atoms with Gasteiger partial charge in [0.05, 0.1) is 5.69 Å². The Morgan fingerprint density at radius 3 is 2.79 bits per heavy atom. The molecular weight excluding hydrogens is 320 g/mol. The van der Waals surface area contributed by atoms with E-state index in [1.54, 1.807) is 6.08 Å². The third-order valence-corrected chi connectivity index (χ3v) is 3.75. The van der Waals surface area contributed by atoms with Gasteiger partial charge in [-0.15, -0.1) is 0 Å². The highest BCUT2D eigenvalue weighted by molar-refractivity contribution is 5.82. The van der Waals surface area contributed by atoms with Crippen LogP contribution in [0, 0.1) is 0 Å². The number of fused-ring (bicyclic) bond motifs is 1. The summed E-state index contributed by atoms with van der Waals surface area (Å²) in [5.41, 5.74) is 1.02. The van der Waals surface area contributed by atoms with Gasteiger partial charge < -0.3 is 4.74 Å². The second-order valence-corrected chi connectivity index (χ2v) is 5.48. The van der Waals surface area contributed by atoms with Crippen molar-refractivity contribution in [2.24, 2.45) is 4.99 Å². The van der Waals surface area contributed by atoms with E-state index < -0.39 is 6.61 Å². The second kappa shape index (κ2) is 5.66. The highest BCUT2D eigenvalue weighted by Crippen LogP contribution is 2.44. The van der Waals surface area contributed by atoms with Crippen LogP contribution in [0.2, 0.25) is 0 Å². The number of carbonyl (C=O) groups excluding carboxylic acids is 1. The zero-order chi connectivity index (χ0) is 16.7. The van der Waals surface area contributed by atoms with Crippen molar-refractivity contribution in [2.75, 3.05) is 0 Å². The fourth-order valence-electron chi connectivity index (χ4n) is 2.53. The van der Waals surface area contributed by atoms with Crippen LogP contribution < -0.4 is 15.4 Å². The molecule has 1 amide bonds. The SMILES string of the molecule is O=C1CC=c2cnc(-c3c(OC(F)F)ncnc3C3CC3)nc2=N1. The molecule has 0 saturated heterocycles. The number of halogens is 2. The van der Waals surface area contributed by atoms with Crippen LogP contribution in [0.15, 0.2) is 17.5 Å². The molecule has 2 aromatic heterocycles. The van der Waals surface area contributed by atoms with Crippen LogP contribution in [0.3, 0.4) is 0 Å². The lowest BCUT2D eigenvalue weighted by molar-refractivity contribution is -0.117. The maximum Gasteiger partial charge on any atom is 0.388 e. The maximum absolute atomic E-state index is 12.7. The molecule has 2 aliphatic rings. The molecule has 4 rings (SSSR count). The molecule has 24 heavy (non-hydrogen) atoms. The van der Waals surface area contributed by atoms with E-state index in [2.05, 4.69) is 29.7 Å². The minimum absolute atomic E-state index is 0.124. The summed E-state index contributed by atoms with van der Waals surface area (Å²) in [6.45, 7) is -3.03. The van der Waals surface area contributed by atoms with E-state index in [1.807, 2.05) is 0 Å². The van der Waals surface area contributed by atoms with Crippen LogP contribution in [0.4, 0.5) is 8.78 Å². The molecule has 0 N–H and O–H groups in total. The number of ether oxygens (including phenoxy) is 1. The van der Waals surface area contributed by atoms with Gasteiger partial charge in [0.15, 0.2) is 11.3 Å². The lowest BCUT2D eigenvalue weighted by Gasteiger charge is -2.12. The van der Waals surface area contributed by atoms with Crippen molar-refractivity contribution in [2.45, 2.75) is 31.8 Å². The number of alkyl halides is 2. The molecule has 0 radical (unpaired) electrons. The summed E-state index contributed by atoms with van der Waals surface area (Å²) in [6, 6.07) is 0. The molecule has 122 valence electrons. The number of hydrogen-bond acceptors (Lipinski definition) is 6. The average Bonchev–Trinajstić information content (AvgIpc) is 3.38. The lowest BCUT2D eigenvalue weighted by Crippen LogP contribution is -2.34. The first-order valence-electron chi connectivity index (χ1n) is 7.36. The smallest absolute Gasteiger partial charge is 0.388 e. The molecule has 0 bridgehead atoms. The summed E-state index contributed by atoms with van der Waals surface area (Å²) < 4.78 is 29.9. The van der Waals surface area contributed by atoms with Crippen molar-refractivity contribution >= 4 is 12.0 Å². The summed E-state index contributed by atoms with van der Waals surface area (Å²) in [4.78, 5) is 31.8. The highest BCUT2D eigenvalue weighted by atomic mass is 19.3.